The number of hydrogen-bond donors (Lipinski definition) is 3. The minimum Gasteiger partial charge on any atom is -0.396 e. The maximum Gasteiger partial charge on any atom is 0.0618 e. The van der Waals surface area contributed by atoms with Crippen LogP contribution in [-0.4, -0.2) is 34.6 Å². The molecular formula is C30H50O3. The van der Waals surface area contributed by atoms with Gasteiger partial charge in [0.05, 0.1) is 12.7 Å². The van der Waals surface area contributed by atoms with Crippen LogP contribution >= 0.6 is 0 Å². The normalized spacial score (nSPS) is 55.5. The Morgan fingerprint density at radius 3 is 2.18 bits per heavy atom. The van der Waals surface area contributed by atoms with Gasteiger partial charge in [-0.05, 0) is 104 Å². The van der Waals surface area contributed by atoms with Gasteiger partial charge in [0, 0.05) is 17.4 Å². The molecule has 0 heterocycles. The van der Waals surface area contributed by atoms with E-state index in [1.807, 2.05) is 0 Å². The molecule has 4 saturated carbocycles. The SMILES string of the molecule is CC1(C)CC[C@]2(CO)CC[C@]3(C)C(=CC[C@@H]4[C@@]5(C)CC[C@H](O)[C@@](C)(CO)[C@@H]5CC[C@]43C)[C@@H]2C1. The first kappa shape index (κ1) is 24.3. The second-order valence-corrected chi connectivity index (χ2v) is 15.0. The largest absolute Gasteiger partial charge is 0.396 e. The van der Waals surface area contributed by atoms with Gasteiger partial charge in [-0.1, -0.05) is 53.2 Å². The van der Waals surface area contributed by atoms with E-state index in [-0.39, 0.29) is 39.8 Å². The highest BCUT2D eigenvalue weighted by Gasteiger charge is 2.68. The first-order valence-electron chi connectivity index (χ1n) is 13.9. The molecule has 0 aliphatic heterocycles. The van der Waals surface area contributed by atoms with Crippen molar-refractivity contribution in [2.45, 2.75) is 112 Å². The van der Waals surface area contributed by atoms with Gasteiger partial charge in [0.1, 0.15) is 0 Å². The van der Waals surface area contributed by atoms with Crippen molar-refractivity contribution in [1.82, 2.24) is 0 Å². The van der Waals surface area contributed by atoms with Crippen molar-refractivity contribution in [3.63, 3.8) is 0 Å². The molecule has 0 aromatic heterocycles. The molecular weight excluding hydrogens is 408 g/mol. The number of aliphatic hydroxyl groups is 3. The molecule has 5 rings (SSSR count). The van der Waals surface area contributed by atoms with Crippen molar-refractivity contribution in [1.29, 1.82) is 0 Å². The molecule has 33 heavy (non-hydrogen) atoms. The Balaban J connectivity index is 1.58. The Labute approximate surface area is 202 Å². The molecule has 188 valence electrons. The zero-order chi connectivity index (χ0) is 24.1. The molecule has 4 fully saturated rings. The van der Waals surface area contributed by atoms with E-state index >= 15 is 0 Å². The van der Waals surface area contributed by atoms with Crippen LogP contribution in [0.1, 0.15) is 106 Å². The van der Waals surface area contributed by atoms with Crippen LogP contribution in [0.15, 0.2) is 11.6 Å². The lowest BCUT2D eigenvalue weighted by Gasteiger charge is -2.71. The van der Waals surface area contributed by atoms with Crippen LogP contribution in [0, 0.1) is 50.2 Å². The van der Waals surface area contributed by atoms with Crippen LogP contribution in [0.2, 0.25) is 0 Å². The third-order valence-corrected chi connectivity index (χ3v) is 13.2. The summed E-state index contributed by atoms with van der Waals surface area (Å²) in [5.41, 5.74) is 2.34. The average molecular weight is 459 g/mol. The van der Waals surface area contributed by atoms with E-state index in [1.165, 1.54) is 32.1 Å². The molecule has 5 aliphatic carbocycles. The third-order valence-electron chi connectivity index (χ3n) is 13.2. The van der Waals surface area contributed by atoms with Crippen LogP contribution in [0.5, 0.6) is 0 Å². The number of aliphatic hydroxyl groups excluding tert-OH is 3. The molecule has 0 aromatic rings. The highest BCUT2D eigenvalue weighted by Crippen LogP contribution is 2.75. The minimum absolute atomic E-state index is 0.0897. The van der Waals surface area contributed by atoms with E-state index in [0.29, 0.717) is 29.8 Å². The molecule has 0 amide bonds. The van der Waals surface area contributed by atoms with Crippen molar-refractivity contribution >= 4 is 0 Å². The molecule has 0 bridgehead atoms. The Bertz CT molecular complexity index is 832. The van der Waals surface area contributed by atoms with E-state index < -0.39 is 0 Å². The van der Waals surface area contributed by atoms with Crippen molar-refractivity contribution in [3.05, 3.63) is 11.6 Å². The minimum atomic E-state index is -0.389. The lowest BCUT2D eigenvalue weighted by molar-refractivity contribution is -0.216. The number of allylic oxidation sites excluding steroid dienone is 2. The molecule has 3 nitrogen and oxygen atoms in total. The van der Waals surface area contributed by atoms with Crippen LogP contribution < -0.4 is 0 Å². The highest BCUT2D eigenvalue weighted by molar-refractivity contribution is 5.33. The molecule has 0 unspecified atom stereocenters. The van der Waals surface area contributed by atoms with Crippen LogP contribution in [0.3, 0.4) is 0 Å². The lowest BCUT2D eigenvalue weighted by Crippen LogP contribution is -2.65. The fourth-order valence-electron chi connectivity index (χ4n) is 10.7. The summed E-state index contributed by atoms with van der Waals surface area (Å²) in [5, 5.41) is 32.0. The predicted molar refractivity (Wildman–Crippen MR) is 134 cm³/mol. The molecule has 9 atom stereocenters. The van der Waals surface area contributed by atoms with Crippen molar-refractivity contribution in [2.24, 2.45) is 50.2 Å². The number of hydrogen-bond acceptors (Lipinski definition) is 3. The first-order chi connectivity index (χ1) is 15.3. The van der Waals surface area contributed by atoms with Gasteiger partial charge < -0.3 is 15.3 Å². The Hall–Kier alpha value is -0.380. The first-order valence-corrected chi connectivity index (χ1v) is 13.9. The quantitative estimate of drug-likeness (QED) is 0.437. The molecule has 3 heteroatoms. The smallest absolute Gasteiger partial charge is 0.0618 e. The van der Waals surface area contributed by atoms with Gasteiger partial charge >= 0.3 is 0 Å². The Kier molecular flexibility index (Phi) is 5.40. The summed E-state index contributed by atoms with van der Waals surface area (Å²) in [6.45, 7) is 15.1. The molecule has 0 aromatic carbocycles. The van der Waals surface area contributed by atoms with Crippen LogP contribution in [0.4, 0.5) is 0 Å². The number of fused-ring (bicyclic) bond motifs is 7. The summed E-state index contributed by atoms with van der Waals surface area (Å²) in [6.07, 6.45) is 13.6. The lowest BCUT2D eigenvalue weighted by atomic mass is 9.33. The van der Waals surface area contributed by atoms with Crippen molar-refractivity contribution in [2.75, 3.05) is 13.2 Å². The molecule has 0 spiro atoms. The Morgan fingerprint density at radius 2 is 1.52 bits per heavy atom. The maximum absolute atomic E-state index is 10.9. The summed E-state index contributed by atoms with van der Waals surface area (Å²) in [6, 6.07) is 0. The summed E-state index contributed by atoms with van der Waals surface area (Å²) in [7, 11) is 0. The van der Waals surface area contributed by atoms with E-state index in [1.54, 1.807) is 5.57 Å². The average Bonchev–Trinajstić information content (AvgIpc) is 2.77. The fourth-order valence-corrected chi connectivity index (χ4v) is 10.7. The molecule has 3 N–H and O–H groups in total. The summed E-state index contributed by atoms with van der Waals surface area (Å²) < 4.78 is 0. The van der Waals surface area contributed by atoms with Crippen LogP contribution in [-0.2, 0) is 0 Å². The Morgan fingerprint density at radius 1 is 0.818 bits per heavy atom. The van der Waals surface area contributed by atoms with Crippen molar-refractivity contribution < 1.29 is 15.3 Å². The van der Waals surface area contributed by atoms with E-state index in [4.69, 9.17) is 0 Å². The second-order valence-electron chi connectivity index (χ2n) is 15.0. The fraction of sp³-hybridized carbons (Fsp3) is 0.933. The highest BCUT2D eigenvalue weighted by atomic mass is 16.3. The van der Waals surface area contributed by atoms with Gasteiger partial charge in [-0.25, -0.2) is 0 Å². The van der Waals surface area contributed by atoms with Crippen molar-refractivity contribution in [3.8, 4) is 0 Å². The molecule has 0 radical (unpaired) electrons. The van der Waals surface area contributed by atoms with E-state index in [2.05, 4.69) is 47.6 Å². The van der Waals surface area contributed by atoms with Gasteiger partial charge in [-0.3, -0.25) is 0 Å². The second kappa shape index (κ2) is 7.32. The van der Waals surface area contributed by atoms with Gasteiger partial charge in [0.2, 0.25) is 0 Å². The van der Waals surface area contributed by atoms with Crippen LogP contribution in [0.25, 0.3) is 0 Å². The molecule has 0 saturated heterocycles. The predicted octanol–water partition coefficient (Wildman–Crippen LogP) is 6.11. The maximum atomic E-state index is 10.9. The van der Waals surface area contributed by atoms with Gasteiger partial charge in [0.15, 0.2) is 0 Å². The zero-order valence-corrected chi connectivity index (χ0v) is 22.2. The zero-order valence-electron chi connectivity index (χ0n) is 22.2. The third kappa shape index (κ3) is 2.97. The summed E-state index contributed by atoms with van der Waals surface area (Å²) in [4.78, 5) is 0. The van der Waals surface area contributed by atoms with Gasteiger partial charge in [0.25, 0.3) is 0 Å². The van der Waals surface area contributed by atoms with E-state index in [0.717, 1.165) is 32.1 Å². The monoisotopic (exact) mass is 458 g/mol. The summed E-state index contributed by atoms with van der Waals surface area (Å²) >= 11 is 0. The number of rotatable bonds is 2. The van der Waals surface area contributed by atoms with E-state index in [9.17, 15) is 15.3 Å². The standard InChI is InChI=1S/C30H50O3/c1-25(2)13-15-30(19-32)16-14-28(5)20(21(30)17-25)7-8-23-26(3)11-10-24(33)27(4,18-31)22(26)9-12-29(23,28)6/h7,21-24,31-33H,8-19H2,1-6H3/t21-,22+,23+,24-,26-,27-,28+,29+,30+/m0/s1. The van der Waals surface area contributed by atoms with Gasteiger partial charge in [-0.15, -0.1) is 0 Å². The topological polar surface area (TPSA) is 60.7 Å². The summed E-state index contributed by atoms with van der Waals surface area (Å²) in [5.74, 6) is 1.49. The van der Waals surface area contributed by atoms with Gasteiger partial charge in [-0.2, -0.15) is 0 Å². The molecule has 5 aliphatic rings.